The number of rotatable bonds is 7. The fourth-order valence-electron chi connectivity index (χ4n) is 7.50. The zero-order valence-corrected chi connectivity index (χ0v) is 30.7. The molecule has 0 spiro atoms. The average Bonchev–Trinajstić information content (AvgIpc) is 3.66. The molecular weight excluding hydrogens is 683 g/mol. The first-order valence-corrected chi connectivity index (χ1v) is 18.8. The molecule has 10 aromatic rings. The number of hydrogen-bond acceptors (Lipinski definition) is 4. The van der Waals surface area contributed by atoms with Crippen molar-refractivity contribution in [2.24, 2.45) is 0 Å². The molecule has 0 aliphatic heterocycles. The average molecular weight is 718 g/mol. The van der Waals surface area contributed by atoms with Gasteiger partial charge in [0.2, 0.25) is 0 Å². The van der Waals surface area contributed by atoms with Crippen molar-refractivity contribution in [2.75, 3.05) is 0 Å². The third-order valence-corrected chi connectivity index (χ3v) is 10.4. The Kier molecular flexibility index (Phi) is 8.34. The summed E-state index contributed by atoms with van der Waals surface area (Å²) in [4.78, 5) is 15.3. The molecule has 4 heteroatoms. The Morgan fingerprint density at radius 2 is 0.786 bits per heavy atom. The Morgan fingerprint density at radius 1 is 0.321 bits per heavy atom. The number of fused-ring (bicyclic) bond motifs is 3. The van der Waals surface area contributed by atoms with Crippen LogP contribution in [0.2, 0.25) is 0 Å². The Bertz CT molecular complexity index is 2990. The van der Waals surface area contributed by atoms with Gasteiger partial charge in [0.15, 0.2) is 17.5 Å². The Morgan fingerprint density at radius 3 is 1.43 bits per heavy atom. The summed E-state index contributed by atoms with van der Waals surface area (Å²) in [6, 6.07) is 67.6. The van der Waals surface area contributed by atoms with E-state index in [9.17, 15) is 0 Å². The summed E-state index contributed by atoms with van der Waals surface area (Å²) in [5.74, 6) is 1.79. The fourth-order valence-corrected chi connectivity index (χ4v) is 7.50. The second-order valence-electron chi connectivity index (χ2n) is 14.1. The van der Waals surface area contributed by atoms with E-state index in [0.717, 1.165) is 72.0 Å². The van der Waals surface area contributed by atoms with E-state index in [1.807, 2.05) is 48.5 Å². The summed E-state index contributed by atoms with van der Waals surface area (Å²) in [6.07, 6.45) is 0. The maximum absolute atomic E-state index is 6.57. The molecule has 0 radical (unpaired) electrons. The van der Waals surface area contributed by atoms with E-state index in [-0.39, 0.29) is 0 Å². The lowest BCUT2D eigenvalue weighted by atomic mass is 9.95. The molecule has 264 valence electrons. The van der Waals surface area contributed by atoms with E-state index < -0.39 is 0 Å². The quantitative estimate of drug-likeness (QED) is 0.165. The number of nitrogens with zero attached hydrogens (tertiary/aromatic N) is 3. The van der Waals surface area contributed by atoms with Crippen molar-refractivity contribution < 1.29 is 4.42 Å². The van der Waals surface area contributed by atoms with E-state index in [2.05, 4.69) is 153 Å². The third-order valence-electron chi connectivity index (χ3n) is 10.4. The standard InChI is InChI=1S/C52H35N3O/c1-34-20-22-38(23-21-34)43-30-42(36-14-7-3-8-15-36)31-44(32-43)52-54-50(40-16-9-4-10-17-40)53-51(55-52)41-28-29-46-48(33-41)56-47-19-11-18-45(49(46)47)39-26-24-37(25-27-39)35-12-5-2-6-13-35/h2-33H,1H3. The summed E-state index contributed by atoms with van der Waals surface area (Å²) in [5.41, 5.74) is 14.6. The van der Waals surface area contributed by atoms with Crippen LogP contribution in [0.25, 0.3) is 101 Å². The molecule has 8 aromatic carbocycles. The highest BCUT2D eigenvalue weighted by molar-refractivity contribution is 6.13. The zero-order chi connectivity index (χ0) is 37.4. The SMILES string of the molecule is Cc1ccc(-c2cc(-c3ccccc3)cc(-c3nc(-c4ccccc4)nc(-c4ccc5c(c4)oc4cccc(-c6ccc(-c7ccccc7)cc6)c45)n3)c2)cc1. The third kappa shape index (κ3) is 6.33. The van der Waals surface area contributed by atoms with E-state index in [0.29, 0.717) is 17.5 Å². The van der Waals surface area contributed by atoms with Gasteiger partial charge < -0.3 is 4.42 Å². The minimum Gasteiger partial charge on any atom is -0.456 e. The highest BCUT2D eigenvalue weighted by Gasteiger charge is 2.18. The molecule has 0 aliphatic carbocycles. The molecule has 0 unspecified atom stereocenters. The highest BCUT2D eigenvalue weighted by Crippen LogP contribution is 2.39. The molecule has 0 fully saturated rings. The van der Waals surface area contributed by atoms with E-state index in [1.165, 1.54) is 16.7 Å². The van der Waals surface area contributed by atoms with Gasteiger partial charge in [-0.1, -0.05) is 163 Å². The monoisotopic (exact) mass is 717 g/mol. The Balaban J connectivity index is 1.10. The second kappa shape index (κ2) is 14.1. The van der Waals surface area contributed by atoms with Gasteiger partial charge in [-0.05, 0) is 87.8 Å². The minimum absolute atomic E-state index is 0.579. The van der Waals surface area contributed by atoms with Crippen LogP contribution in [-0.2, 0) is 0 Å². The van der Waals surface area contributed by atoms with Gasteiger partial charge in [-0.3, -0.25) is 0 Å². The first-order valence-electron chi connectivity index (χ1n) is 18.8. The van der Waals surface area contributed by atoms with E-state index in [4.69, 9.17) is 19.4 Å². The molecule has 0 aliphatic rings. The van der Waals surface area contributed by atoms with Crippen LogP contribution in [0.15, 0.2) is 199 Å². The summed E-state index contributed by atoms with van der Waals surface area (Å²) >= 11 is 0. The number of aromatic nitrogens is 3. The molecule has 0 saturated heterocycles. The van der Waals surface area contributed by atoms with Gasteiger partial charge in [0.1, 0.15) is 11.2 Å². The van der Waals surface area contributed by atoms with Crippen LogP contribution in [-0.4, -0.2) is 15.0 Å². The fraction of sp³-hybridized carbons (Fsp3) is 0.0192. The molecular formula is C52H35N3O. The minimum atomic E-state index is 0.579. The maximum Gasteiger partial charge on any atom is 0.164 e. The largest absolute Gasteiger partial charge is 0.456 e. The topological polar surface area (TPSA) is 51.8 Å². The second-order valence-corrected chi connectivity index (χ2v) is 14.1. The number of hydrogen-bond donors (Lipinski definition) is 0. The molecule has 0 saturated carbocycles. The van der Waals surface area contributed by atoms with Crippen LogP contribution < -0.4 is 0 Å². The van der Waals surface area contributed by atoms with Crippen molar-refractivity contribution in [3.05, 3.63) is 200 Å². The normalized spacial score (nSPS) is 11.3. The van der Waals surface area contributed by atoms with Crippen molar-refractivity contribution in [2.45, 2.75) is 6.92 Å². The van der Waals surface area contributed by atoms with Gasteiger partial charge in [0.25, 0.3) is 0 Å². The number of furan rings is 1. The van der Waals surface area contributed by atoms with E-state index in [1.54, 1.807) is 0 Å². The van der Waals surface area contributed by atoms with Gasteiger partial charge in [-0.25, -0.2) is 15.0 Å². The van der Waals surface area contributed by atoms with Crippen molar-refractivity contribution in [3.63, 3.8) is 0 Å². The van der Waals surface area contributed by atoms with Gasteiger partial charge in [0, 0.05) is 27.5 Å². The number of benzene rings is 8. The van der Waals surface area contributed by atoms with Crippen LogP contribution >= 0.6 is 0 Å². The first-order chi connectivity index (χ1) is 27.6. The van der Waals surface area contributed by atoms with Crippen molar-refractivity contribution in [1.82, 2.24) is 15.0 Å². The molecule has 10 rings (SSSR count). The summed E-state index contributed by atoms with van der Waals surface area (Å²) in [7, 11) is 0. The molecule has 0 bridgehead atoms. The molecule has 56 heavy (non-hydrogen) atoms. The van der Waals surface area contributed by atoms with Gasteiger partial charge in [-0.15, -0.1) is 0 Å². The van der Waals surface area contributed by atoms with Crippen LogP contribution in [0.5, 0.6) is 0 Å². The smallest absolute Gasteiger partial charge is 0.164 e. The predicted octanol–water partition coefficient (Wildman–Crippen LogP) is 13.7. The van der Waals surface area contributed by atoms with Crippen LogP contribution in [0.4, 0.5) is 0 Å². The van der Waals surface area contributed by atoms with E-state index >= 15 is 0 Å². The lowest BCUT2D eigenvalue weighted by Gasteiger charge is -2.12. The lowest BCUT2D eigenvalue weighted by molar-refractivity contribution is 0.669. The molecule has 0 atom stereocenters. The lowest BCUT2D eigenvalue weighted by Crippen LogP contribution is -2.00. The predicted molar refractivity (Wildman–Crippen MR) is 230 cm³/mol. The van der Waals surface area contributed by atoms with Crippen molar-refractivity contribution in [3.8, 4) is 78.7 Å². The number of aryl methyl sites for hydroxylation is 1. The van der Waals surface area contributed by atoms with Crippen LogP contribution in [0.3, 0.4) is 0 Å². The van der Waals surface area contributed by atoms with Crippen molar-refractivity contribution >= 4 is 21.9 Å². The summed E-state index contributed by atoms with van der Waals surface area (Å²) in [5, 5.41) is 2.13. The van der Waals surface area contributed by atoms with Gasteiger partial charge >= 0.3 is 0 Å². The van der Waals surface area contributed by atoms with Gasteiger partial charge in [0.05, 0.1) is 0 Å². The summed E-state index contributed by atoms with van der Waals surface area (Å²) < 4.78 is 6.57. The van der Waals surface area contributed by atoms with Crippen LogP contribution in [0.1, 0.15) is 5.56 Å². The summed E-state index contributed by atoms with van der Waals surface area (Å²) in [6.45, 7) is 2.11. The molecule has 2 aromatic heterocycles. The molecule has 2 heterocycles. The molecule has 0 N–H and O–H groups in total. The maximum atomic E-state index is 6.57. The molecule has 4 nitrogen and oxygen atoms in total. The Labute approximate surface area is 325 Å². The highest BCUT2D eigenvalue weighted by atomic mass is 16.3. The Hall–Kier alpha value is -7.43. The van der Waals surface area contributed by atoms with Crippen LogP contribution in [0, 0.1) is 6.92 Å². The zero-order valence-electron chi connectivity index (χ0n) is 30.7. The molecule has 0 amide bonds. The first kappa shape index (κ1) is 33.2. The van der Waals surface area contributed by atoms with Crippen molar-refractivity contribution in [1.29, 1.82) is 0 Å². The van der Waals surface area contributed by atoms with Gasteiger partial charge in [-0.2, -0.15) is 0 Å².